The fourth-order valence-corrected chi connectivity index (χ4v) is 14.6. The van der Waals surface area contributed by atoms with Gasteiger partial charge in [-0.25, -0.2) is 33.6 Å². The summed E-state index contributed by atoms with van der Waals surface area (Å²) in [5.41, 5.74) is 5.82. The number of hydrogen-bond acceptors (Lipinski definition) is 24. The summed E-state index contributed by atoms with van der Waals surface area (Å²) in [4.78, 5) is 185. The predicted octanol–water partition coefficient (Wildman–Crippen LogP) is 7.98. The summed E-state index contributed by atoms with van der Waals surface area (Å²) in [5.74, 6) is 5.32. The van der Waals surface area contributed by atoms with Crippen molar-refractivity contribution in [3.05, 3.63) is 136 Å². The van der Waals surface area contributed by atoms with E-state index in [4.69, 9.17) is 39.6 Å². The highest BCUT2D eigenvalue weighted by molar-refractivity contribution is 9.10. The van der Waals surface area contributed by atoms with E-state index in [1.165, 1.54) is 46.7 Å². The second-order valence-corrected chi connectivity index (χ2v) is 35.5. The second-order valence-electron chi connectivity index (χ2n) is 34.5. The summed E-state index contributed by atoms with van der Waals surface area (Å²) in [6.45, 7) is 22.0. The Morgan fingerprint density at radius 3 is 1.06 bits per heavy atom. The van der Waals surface area contributed by atoms with Gasteiger partial charge in [0.1, 0.15) is 54.2 Å². The summed E-state index contributed by atoms with van der Waals surface area (Å²) >= 11 is 3.37. The van der Waals surface area contributed by atoms with Gasteiger partial charge in [-0.1, -0.05) is 53.3 Å². The van der Waals surface area contributed by atoms with Crippen LogP contribution < -0.4 is 55.5 Å². The predicted molar refractivity (Wildman–Crippen MR) is 507 cm³/mol. The van der Waals surface area contributed by atoms with E-state index in [-0.39, 0.29) is 130 Å². The molecule has 0 bridgehead atoms. The SMILES string of the molecule is C.C#CCOCCN(C)C(=O)OC(C)(C)C.CN(CCOCC#Cc1ccc2c(c1)n(C)c(=O)n2C1CCC(=O)NC1=O)C(=O)OC(C)(C)C.CN(CCOCCCc1ccc2c(c1)n(C)c(=O)n2C1CCC(=O)NC1=O)C(=O)OC(C)(C)C.CNCCOCCCc1ccc2c(c1)n(C)c(=O)n2C1CCC(=O)NC1=O.Cl.Cn1c(=O)n(C2CCC(=O)NC2=O)c2ccc(Br)cc21.N. The van der Waals surface area contributed by atoms with Gasteiger partial charge >= 0.3 is 41.0 Å². The lowest BCUT2D eigenvalue weighted by Crippen LogP contribution is -2.44. The van der Waals surface area contributed by atoms with Crippen LogP contribution in [0.15, 0.2) is 96.4 Å². The molecule has 728 valence electrons. The number of imide groups is 4. The number of imidazole rings is 4. The highest BCUT2D eigenvalue weighted by Gasteiger charge is 2.36. The maximum absolute atomic E-state index is 12.8. The summed E-state index contributed by atoms with van der Waals surface area (Å²) < 4.78 is 50.3. The number of carbonyl (C=O) groups excluding carboxylic acids is 11. The number of amides is 11. The van der Waals surface area contributed by atoms with E-state index in [1.807, 2.05) is 118 Å². The molecular weight excluding hydrogens is 1810 g/mol. The minimum absolute atomic E-state index is 0. The average molecular weight is 1940 g/mol. The highest BCUT2D eigenvalue weighted by Crippen LogP contribution is 2.30. The Kier molecular flexibility index (Phi) is 42.5. The molecular formula is C92H129BrClN17O22. The first-order chi connectivity index (χ1) is 61.3. The first-order valence-corrected chi connectivity index (χ1v) is 43.6. The number of rotatable bonds is 26. The molecule has 4 atom stereocenters. The molecule has 4 aromatic carbocycles. The maximum atomic E-state index is 12.8. The van der Waals surface area contributed by atoms with Crippen LogP contribution in [0.5, 0.6) is 0 Å². The van der Waals surface area contributed by atoms with E-state index in [9.17, 15) is 71.9 Å². The molecule has 8 aromatic rings. The van der Waals surface area contributed by atoms with Crippen molar-refractivity contribution >= 4 is 138 Å². The molecule has 0 saturated carbocycles. The van der Waals surface area contributed by atoms with E-state index in [1.54, 1.807) is 78.2 Å². The molecule has 4 unspecified atom stereocenters. The van der Waals surface area contributed by atoms with E-state index < -0.39 is 70.7 Å². The topological polar surface area (TPSA) is 465 Å². The highest BCUT2D eigenvalue weighted by atomic mass is 79.9. The van der Waals surface area contributed by atoms with Crippen LogP contribution in [0.25, 0.3) is 44.1 Å². The number of halogens is 2. The number of likely N-dealkylation sites (N-methyl/N-ethyl adjacent to an activating group) is 4. The monoisotopic (exact) mass is 1940 g/mol. The van der Waals surface area contributed by atoms with Crippen LogP contribution in [-0.4, -0.2) is 241 Å². The van der Waals surface area contributed by atoms with Crippen LogP contribution in [0, 0.1) is 24.2 Å². The lowest BCUT2D eigenvalue weighted by atomic mass is 10.1. The molecule has 41 heteroatoms. The molecule has 4 fully saturated rings. The van der Waals surface area contributed by atoms with Crippen molar-refractivity contribution in [2.45, 2.75) is 188 Å². The van der Waals surface area contributed by atoms with Crippen molar-refractivity contribution in [1.82, 2.24) is 84.0 Å². The van der Waals surface area contributed by atoms with E-state index in [0.29, 0.717) is 112 Å². The number of benzene rings is 4. The summed E-state index contributed by atoms with van der Waals surface area (Å²) in [6, 6.07) is 19.7. The van der Waals surface area contributed by atoms with Crippen molar-refractivity contribution in [2.75, 3.05) is 107 Å². The van der Waals surface area contributed by atoms with Crippen LogP contribution in [0.2, 0.25) is 0 Å². The van der Waals surface area contributed by atoms with Crippen LogP contribution in [0.1, 0.15) is 175 Å². The maximum Gasteiger partial charge on any atom is 0.410 e. The quantitative estimate of drug-likeness (QED) is 0.0129. The van der Waals surface area contributed by atoms with Crippen LogP contribution in [0.4, 0.5) is 14.4 Å². The van der Waals surface area contributed by atoms with Gasteiger partial charge in [0.2, 0.25) is 47.3 Å². The van der Waals surface area contributed by atoms with Crippen molar-refractivity contribution in [1.29, 1.82) is 0 Å². The minimum Gasteiger partial charge on any atom is -0.444 e. The Morgan fingerprint density at radius 2 is 0.737 bits per heavy atom. The number of fused-ring (bicyclic) bond motifs is 4. The fraction of sp³-hybridized carbons (Fsp3) is 0.533. The summed E-state index contributed by atoms with van der Waals surface area (Å²) in [7, 11) is 13.6. The number of hydrogen-bond donors (Lipinski definition) is 6. The molecule has 4 saturated heterocycles. The van der Waals surface area contributed by atoms with Gasteiger partial charge in [-0.05, 0) is 193 Å². The van der Waals surface area contributed by atoms with Crippen LogP contribution in [0.3, 0.4) is 0 Å². The third kappa shape index (κ3) is 31.3. The third-order valence-electron chi connectivity index (χ3n) is 21.0. The first-order valence-electron chi connectivity index (χ1n) is 42.9. The standard InChI is InChI=1S/C24H34N4O6.C24H30N4O6.C19H26N4O4.C13H12BrN3O3.C11H19NO3.CH4.ClH.H3N/c2*1-24(2,3)34-23(32)26(4)12-14-33-13-6-7-16-8-9-17-19(15-16)27(5)22(31)28(17)18-10-11-20(29)25-21(18)30;1-20-9-11-27-10-3-4-13-5-6-14-16(12-13)22(2)19(26)23(14)15-7-8-17(24)21-18(15)25;1-16-10-6-7(14)2-3-8(10)17(13(16)20)9-4-5-11(18)15-12(9)19;1-6-8-14-9-7-12(5)10(13)15-11(2,3)4;;;/h8-9,15,18H,6-7,10-14H2,1-5H3,(H,25,29,30);8-9,15,18H,10-14H2,1-5H3,(H,25,29,30);5-6,12,15,20H,3-4,7-11H2,1-2H3,(H,21,24,25);2-3,6,9H,4-5H2,1H3,(H,15,18,19);1H,7-9H2,2-5H3;1H4;1H;1H3. The van der Waals surface area contributed by atoms with Gasteiger partial charge < -0.3 is 59.3 Å². The Hall–Kier alpha value is -12.0. The Bertz CT molecular complexity index is 5850. The molecule has 0 spiro atoms. The van der Waals surface area contributed by atoms with E-state index in [2.05, 4.69) is 60.3 Å². The number of nitrogens with one attached hydrogen (secondary N) is 5. The number of aromatic nitrogens is 8. The Balaban J connectivity index is 0.000000300. The molecule has 4 aliphatic rings. The van der Waals surface area contributed by atoms with Gasteiger partial charge in [-0.2, -0.15) is 0 Å². The van der Waals surface area contributed by atoms with E-state index >= 15 is 0 Å². The number of piperidine rings is 4. The Labute approximate surface area is 786 Å². The molecule has 4 aromatic heterocycles. The van der Waals surface area contributed by atoms with E-state index in [0.717, 1.165) is 64.4 Å². The molecule has 12 rings (SSSR count). The van der Waals surface area contributed by atoms with Gasteiger partial charge in [0.25, 0.3) is 0 Å². The Morgan fingerprint density at radius 1 is 0.436 bits per heavy atom. The molecule has 0 radical (unpaired) electrons. The van der Waals surface area contributed by atoms with Crippen molar-refractivity contribution in [2.24, 2.45) is 28.2 Å². The molecule has 8 N–H and O–H groups in total. The van der Waals surface area contributed by atoms with Gasteiger partial charge in [-0.15, -0.1) is 18.8 Å². The first kappa shape index (κ1) is 111. The van der Waals surface area contributed by atoms with Crippen molar-refractivity contribution < 1.29 is 85.9 Å². The molecule has 8 heterocycles. The summed E-state index contributed by atoms with van der Waals surface area (Å²) in [6.07, 6.45) is 9.34. The lowest BCUT2D eigenvalue weighted by molar-refractivity contribution is -0.137. The van der Waals surface area contributed by atoms with Gasteiger partial charge in [0.15, 0.2) is 0 Å². The van der Waals surface area contributed by atoms with Crippen LogP contribution >= 0.6 is 28.3 Å². The number of terminal acetylenes is 1. The number of nitrogens with zero attached hydrogens (tertiary/aromatic N) is 11. The number of aryl methyl sites for hydroxylation is 6. The van der Waals surface area contributed by atoms with Gasteiger partial charge in [0, 0.05) is 124 Å². The number of ether oxygens (including phenoxy) is 7. The largest absolute Gasteiger partial charge is 0.444 e. The van der Waals surface area contributed by atoms with Gasteiger partial charge in [0.05, 0.1) is 70.6 Å². The molecule has 0 aliphatic carbocycles. The second kappa shape index (κ2) is 50.7. The molecule has 39 nitrogen and oxygen atoms in total. The molecule has 4 aliphatic heterocycles. The summed E-state index contributed by atoms with van der Waals surface area (Å²) in [5, 5.41) is 12.3. The minimum atomic E-state index is -0.724. The molecule has 133 heavy (non-hydrogen) atoms. The zero-order valence-corrected chi connectivity index (χ0v) is 80.6. The smallest absolute Gasteiger partial charge is 0.410 e. The molecule has 11 amide bonds. The zero-order valence-electron chi connectivity index (χ0n) is 78.2. The lowest BCUT2D eigenvalue weighted by Gasteiger charge is -2.24. The van der Waals surface area contributed by atoms with Crippen molar-refractivity contribution in [3.8, 4) is 24.2 Å². The van der Waals surface area contributed by atoms with Gasteiger partial charge in [-0.3, -0.25) is 96.2 Å². The van der Waals surface area contributed by atoms with Crippen LogP contribution in [-0.2, 0) is 113 Å². The number of carbonyl (C=O) groups is 11. The van der Waals surface area contributed by atoms with Crippen molar-refractivity contribution in [3.63, 3.8) is 0 Å². The normalized spacial score (nSPS) is 16.0. The zero-order chi connectivity index (χ0) is 95.8. The average Bonchev–Trinajstić information content (AvgIpc) is 1.63. The fourth-order valence-electron chi connectivity index (χ4n) is 14.3. The third-order valence-corrected chi connectivity index (χ3v) is 21.5.